The van der Waals surface area contributed by atoms with Crippen LogP contribution in [0.3, 0.4) is 0 Å². The Morgan fingerprint density at radius 3 is 2.78 bits per heavy atom. The zero-order valence-electron chi connectivity index (χ0n) is 10.7. The Bertz CT molecular complexity index is 427. The van der Waals surface area contributed by atoms with Crippen LogP contribution in [-0.4, -0.2) is 28.0 Å². The topological polar surface area (TPSA) is 41.1 Å². The van der Waals surface area contributed by atoms with E-state index in [0.717, 1.165) is 41.3 Å². The Kier molecular flexibility index (Phi) is 4.58. The van der Waals surface area contributed by atoms with E-state index in [1.165, 1.54) is 19.3 Å². The van der Waals surface area contributed by atoms with E-state index < -0.39 is 0 Å². The van der Waals surface area contributed by atoms with Crippen LogP contribution in [0.5, 0.6) is 0 Å². The number of likely N-dealkylation sites (tertiary alicyclic amines) is 1. The minimum absolute atomic E-state index is 0.803. The summed E-state index contributed by atoms with van der Waals surface area (Å²) in [4.78, 5) is 10.8. The molecule has 0 bridgehead atoms. The Morgan fingerprint density at radius 1 is 1.39 bits per heavy atom. The second-order valence-corrected chi connectivity index (χ2v) is 5.25. The van der Waals surface area contributed by atoms with Crippen LogP contribution in [-0.2, 0) is 6.42 Å². The summed E-state index contributed by atoms with van der Waals surface area (Å²) < 4.78 is 0.936. The molecule has 1 fully saturated rings. The summed E-state index contributed by atoms with van der Waals surface area (Å²) in [7, 11) is 0. The average Bonchev–Trinajstić information content (AvgIpc) is 2.42. The molecule has 0 amide bonds. The summed E-state index contributed by atoms with van der Waals surface area (Å²) in [5.74, 6) is 1.73. The molecule has 0 unspecified atom stereocenters. The van der Waals surface area contributed by atoms with Gasteiger partial charge in [0.15, 0.2) is 0 Å². The number of hydrogen-bond donors (Lipinski definition) is 1. The van der Waals surface area contributed by atoms with Gasteiger partial charge in [-0.2, -0.15) is 0 Å². The van der Waals surface area contributed by atoms with Crippen molar-refractivity contribution in [2.75, 3.05) is 18.4 Å². The van der Waals surface area contributed by atoms with Gasteiger partial charge >= 0.3 is 0 Å². The molecule has 18 heavy (non-hydrogen) atoms. The van der Waals surface area contributed by atoms with Gasteiger partial charge in [0.1, 0.15) is 12.1 Å². The number of piperidine rings is 1. The lowest BCUT2D eigenvalue weighted by Gasteiger charge is -2.30. The fraction of sp³-hybridized carbons (Fsp3) is 0.538. The molecule has 5 heteroatoms. The van der Waals surface area contributed by atoms with E-state index in [4.69, 9.17) is 0 Å². The molecule has 1 N–H and O–H groups in total. The third-order valence-corrected chi connectivity index (χ3v) is 4.03. The van der Waals surface area contributed by atoms with Gasteiger partial charge in [-0.3, -0.25) is 0 Å². The van der Waals surface area contributed by atoms with Crippen LogP contribution in [0.15, 0.2) is 23.2 Å². The zero-order valence-corrected chi connectivity index (χ0v) is 12.3. The van der Waals surface area contributed by atoms with Gasteiger partial charge in [0.2, 0.25) is 0 Å². The van der Waals surface area contributed by atoms with Crippen LogP contribution >= 0.6 is 15.9 Å². The number of aromatic nitrogens is 2. The van der Waals surface area contributed by atoms with E-state index in [-0.39, 0.29) is 0 Å². The first-order valence-corrected chi connectivity index (χ1v) is 7.22. The smallest absolute Gasteiger partial charge is 0.149 e. The van der Waals surface area contributed by atoms with Crippen molar-refractivity contribution in [1.82, 2.24) is 14.9 Å². The van der Waals surface area contributed by atoms with Gasteiger partial charge in [0.25, 0.3) is 0 Å². The molecule has 2 rings (SSSR count). The summed E-state index contributed by atoms with van der Waals surface area (Å²) in [6.45, 7) is 8.34. The Hall–Kier alpha value is -1.10. The summed E-state index contributed by atoms with van der Waals surface area (Å²) in [5, 5.41) is 3.29. The number of hydrogen-bond acceptors (Lipinski definition) is 4. The molecule has 98 valence electrons. The number of aryl methyl sites for hydroxylation is 1. The number of rotatable bonds is 4. The molecule has 1 aromatic rings. The largest absolute Gasteiger partial charge is 0.359 e. The number of anilines is 1. The molecule has 0 spiro atoms. The minimum atomic E-state index is 0.803. The highest BCUT2D eigenvalue weighted by Gasteiger charge is 2.14. The third kappa shape index (κ3) is 3.02. The molecule has 1 saturated heterocycles. The number of nitrogens with one attached hydrogen (secondary N) is 1. The van der Waals surface area contributed by atoms with Gasteiger partial charge in [-0.15, -0.1) is 0 Å². The second kappa shape index (κ2) is 6.18. The van der Waals surface area contributed by atoms with Crippen molar-refractivity contribution in [3.8, 4) is 0 Å². The van der Waals surface area contributed by atoms with Crippen molar-refractivity contribution in [3.05, 3.63) is 28.9 Å². The molecule has 2 heterocycles. The maximum atomic E-state index is 4.27. The van der Waals surface area contributed by atoms with Gasteiger partial charge in [0.05, 0.1) is 16.0 Å². The van der Waals surface area contributed by atoms with Crippen LogP contribution in [0.4, 0.5) is 5.82 Å². The first-order valence-electron chi connectivity index (χ1n) is 6.42. The fourth-order valence-electron chi connectivity index (χ4n) is 2.12. The molecule has 1 aliphatic heterocycles. The highest BCUT2D eigenvalue weighted by molar-refractivity contribution is 9.10. The van der Waals surface area contributed by atoms with Gasteiger partial charge in [-0.25, -0.2) is 9.97 Å². The van der Waals surface area contributed by atoms with Crippen molar-refractivity contribution >= 4 is 21.7 Å². The predicted molar refractivity (Wildman–Crippen MR) is 77.3 cm³/mol. The van der Waals surface area contributed by atoms with Crippen LogP contribution in [0.25, 0.3) is 0 Å². The zero-order chi connectivity index (χ0) is 13.0. The average molecular weight is 311 g/mol. The van der Waals surface area contributed by atoms with Crippen LogP contribution in [0.1, 0.15) is 31.9 Å². The predicted octanol–water partition coefficient (Wildman–Crippen LogP) is 3.17. The van der Waals surface area contributed by atoms with Crippen LogP contribution in [0, 0.1) is 0 Å². The molecular formula is C13H19BrN4. The molecule has 4 nitrogen and oxygen atoms in total. The molecule has 0 aromatic carbocycles. The lowest BCUT2D eigenvalue weighted by Crippen LogP contribution is -2.32. The van der Waals surface area contributed by atoms with Gasteiger partial charge in [0, 0.05) is 13.1 Å². The maximum absolute atomic E-state index is 4.27. The van der Waals surface area contributed by atoms with Crippen molar-refractivity contribution in [1.29, 1.82) is 0 Å². The minimum Gasteiger partial charge on any atom is -0.359 e. The summed E-state index contributed by atoms with van der Waals surface area (Å²) in [6.07, 6.45) is 6.28. The van der Waals surface area contributed by atoms with Crippen LogP contribution < -0.4 is 5.32 Å². The highest BCUT2D eigenvalue weighted by atomic mass is 79.9. The van der Waals surface area contributed by atoms with Crippen molar-refractivity contribution in [2.24, 2.45) is 0 Å². The summed E-state index contributed by atoms with van der Waals surface area (Å²) in [5.41, 5.74) is 1.01. The van der Waals surface area contributed by atoms with Gasteiger partial charge in [-0.1, -0.05) is 13.5 Å². The van der Waals surface area contributed by atoms with Gasteiger partial charge < -0.3 is 10.2 Å². The number of halogens is 1. The highest BCUT2D eigenvalue weighted by Crippen LogP contribution is 2.25. The SMILES string of the molecule is C=C(Nc1ncnc(CC)c1Br)N1CCCCC1. The second-order valence-electron chi connectivity index (χ2n) is 4.46. The number of nitrogens with zero attached hydrogens (tertiary/aromatic N) is 3. The van der Waals surface area contributed by atoms with Crippen molar-refractivity contribution < 1.29 is 0 Å². The van der Waals surface area contributed by atoms with E-state index in [1.54, 1.807) is 6.33 Å². The van der Waals surface area contributed by atoms with E-state index in [9.17, 15) is 0 Å². The van der Waals surface area contributed by atoms with E-state index in [0.29, 0.717) is 0 Å². The molecule has 0 aliphatic carbocycles. The summed E-state index contributed by atoms with van der Waals surface area (Å²) >= 11 is 3.55. The molecule has 0 saturated carbocycles. The van der Waals surface area contributed by atoms with E-state index >= 15 is 0 Å². The van der Waals surface area contributed by atoms with E-state index in [2.05, 4.69) is 49.6 Å². The molecular weight excluding hydrogens is 292 g/mol. The van der Waals surface area contributed by atoms with Crippen molar-refractivity contribution in [2.45, 2.75) is 32.6 Å². The third-order valence-electron chi connectivity index (χ3n) is 3.20. The first-order chi connectivity index (χ1) is 8.72. The Morgan fingerprint density at radius 2 is 2.11 bits per heavy atom. The van der Waals surface area contributed by atoms with Crippen LogP contribution in [0.2, 0.25) is 0 Å². The Balaban J connectivity index is 2.06. The fourth-order valence-corrected chi connectivity index (χ4v) is 2.70. The van der Waals surface area contributed by atoms with Gasteiger partial charge in [-0.05, 0) is 41.6 Å². The molecule has 0 atom stereocenters. The molecule has 1 aromatic heterocycles. The van der Waals surface area contributed by atoms with Crippen molar-refractivity contribution in [3.63, 3.8) is 0 Å². The standard InChI is InChI=1S/C13H19BrN4/c1-3-11-12(14)13(16-9-15-11)17-10(2)18-7-5-4-6-8-18/h9H,2-8H2,1H3,(H,15,16,17). The molecule has 1 aliphatic rings. The monoisotopic (exact) mass is 310 g/mol. The first kappa shape index (κ1) is 13.3. The lowest BCUT2D eigenvalue weighted by molar-refractivity contribution is 0.289. The normalized spacial score (nSPS) is 15.6. The molecule has 0 radical (unpaired) electrons. The maximum Gasteiger partial charge on any atom is 0.149 e. The Labute approximate surface area is 117 Å². The quantitative estimate of drug-likeness (QED) is 0.927. The lowest BCUT2D eigenvalue weighted by atomic mass is 10.1. The summed E-state index contributed by atoms with van der Waals surface area (Å²) in [6, 6.07) is 0. The van der Waals surface area contributed by atoms with E-state index in [1.807, 2.05) is 0 Å².